The number of hydrogen-bond acceptors (Lipinski definition) is 5. The molecule has 0 aromatic carbocycles. The Labute approximate surface area is 136 Å². The fourth-order valence-electron chi connectivity index (χ4n) is 3.24. The van der Waals surface area contributed by atoms with Gasteiger partial charge >= 0.3 is 12.1 Å². The summed E-state index contributed by atoms with van der Waals surface area (Å²) in [6.45, 7) is 6.16. The van der Waals surface area contributed by atoms with Crippen LogP contribution in [0.2, 0.25) is 0 Å². The summed E-state index contributed by atoms with van der Waals surface area (Å²) in [7, 11) is 1.40. The van der Waals surface area contributed by atoms with Crippen molar-refractivity contribution in [3.8, 4) is 0 Å². The largest absolute Gasteiger partial charge is 0.467 e. The van der Waals surface area contributed by atoms with Gasteiger partial charge < -0.3 is 19.7 Å². The maximum atomic E-state index is 12.2. The van der Waals surface area contributed by atoms with Gasteiger partial charge in [-0.15, -0.1) is 0 Å². The van der Waals surface area contributed by atoms with Crippen molar-refractivity contribution >= 4 is 29.3 Å². The van der Waals surface area contributed by atoms with Gasteiger partial charge in [-0.3, -0.25) is 0 Å². The quantitative estimate of drug-likeness (QED) is 0.618. The van der Waals surface area contributed by atoms with Crippen molar-refractivity contribution < 1.29 is 19.1 Å². The van der Waals surface area contributed by atoms with Crippen LogP contribution in [0.4, 0.5) is 4.79 Å². The molecule has 22 heavy (non-hydrogen) atoms. The van der Waals surface area contributed by atoms with Crippen LogP contribution < -0.4 is 5.32 Å². The van der Waals surface area contributed by atoms with Crippen molar-refractivity contribution in [3.05, 3.63) is 0 Å². The number of nitrogens with one attached hydrogen (secondary N) is 1. The molecule has 0 bridgehead atoms. The third-order valence-corrected chi connectivity index (χ3v) is 4.66. The molecule has 0 aliphatic carbocycles. The number of esters is 1. The first-order valence-corrected chi connectivity index (χ1v) is 8.00. The number of hydrogen-bond donors (Lipinski definition) is 1. The molecule has 2 heterocycles. The molecular weight excluding hydrogens is 304 g/mol. The number of fused-ring (bicyclic) bond motifs is 1. The second kappa shape index (κ2) is 6.02. The Hall–Kier alpha value is -1.37. The van der Waals surface area contributed by atoms with Crippen LogP contribution in [0.3, 0.4) is 0 Å². The van der Waals surface area contributed by atoms with Crippen molar-refractivity contribution in [2.24, 2.45) is 0 Å². The number of piperidine rings is 1. The van der Waals surface area contributed by atoms with E-state index in [0.29, 0.717) is 17.8 Å². The van der Waals surface area contributed by atoms with Gasteiger partial charge in [-0.2, -0.15) is 0 Å². The van der Waals surface area contributed by atoms with Crippen LogP contribution >= 0.6 is 12.2 Å². The van der Waals surface area contributed by atoms with Crippen molar-refractivity contribution in [1.29, 1.82) is 0 Å². The third kappa shape index (κ3) is 3.19. The van der Waals surface area contributed by atoms with Gasteiger partial charge in [0.05, 0.1) is 13.2 Å². The van der Waals surface area contributed by atoms with Crippen LogP contribution in [0, 0.1) is 0 Å². The molecule has 2 rings (SSSR count). The smallest absolute Gasteiger partial charge is 0.408 e. The highest BCUT2D eigenvalue weighted by atomic mass is 32.1. The van der Waals surface area contributed by atoms with Gasteiger partial charge in [0.25, 0.3) is 0 Å². The zero-order chi connectivity index (χ0) is 16.5. The second-order valence-corrected chi connectivity index (χ2v) is 7.27. The van der Waals surface area contributed by atoms with E-state index < -0.39 is 17.2 Å². The van der Waals surface area contributed by atoms with E-state index in [1.54, 1.807) is 0 Å². The molecule has 0 spiro atoms. The molecule has 2 aliphatic heterocycles. The predicted molar refractivity (Wildman–Crippen MR) is 85.7 cm³/mol. The highest BCUT2D eigenvalue weighted by Gasteiger charge is 2.53. The molecule has 0 aromatic heterocycles. The standard InChI is InChI=1S/C15H24N2O4S/c1-14(2,3)21-13(19)16-10-6-8-15(12(18)20-4)7-5-9-17(15)11(10)22/h10H,5-9H2,1-4H3,(H,16,19)/t10-,15+/m0/s1. The Balaban J connectivity index is 2.07. The van der Waals surface area contributed by atoms with Crippen LogP contribution in [0.1, 0.15) is 46.5 Å². The Kier molecular flexibility index (Phi) is 4.65. The maximum absolute atomic E-state index is 12.2. The lowest BCUT2D eigenvalue weighted by molar-refractivity contribution is -0.152. The minimum Gasteiger partial charge on any atom is -0.467 e. The monoisotopic (exact) mass is 328 g/mol. The van der Waals surface area contributed by atoms with E-state index in [4.69, 9.17) is 21.7 Å². The summed E-state index contributed by atoms with van der Waals surface area (Å²) in [6.07, 6.45) is 2.40. The van der Waals surface area contributed by atoms with Crippen molar-refractivity contribution in [3.63, 3.8) is 0 Å². The molecule has 0 unspecified atom stereocenters. The molecule has 2 aliphatic rings. The van der Waals surface area contributed by atoms with E-state index in [0.717, 1.165) is 19.4 Å². The van der Waals surface area contributed by atoms with Crippen molar-refractivity contribution in [1.82, 2.24) is 10.2 Å². The highest BCUT2D eigenvalue weighted by Crippen LogP contribution is 2.39. The minimum atomic E-state index is -0.641. The van der Waals surface area contributed by atoms with Crippen LogP contribution in [0.15, 0.2) is 0 Å². The molecular formula is C15H24N2O4S. The lowest BCUT2D eigenvalue weighted by Gasteiger charge is -2.44. The Morgan fingerprint density at radius 3 is 2.64 bits per heavy atom. The van der Waals surface area contributed by atoms with E-state index in [1.807, 2.05) is 25.7 Å². The summed E-state index contributed by atoms with van der Waals surface area (Å²) in [5.74, 6) is -0.233. The summed E-state index contributed by atoms with van der Waals surface area (Å²) >= 11 is 5.51. The van der Waals surface area contributed by atoms with Gasteiger partial charge in [0.1, 0.15) is 16.1 Å². The molecule has 7 heteroatoms. The van der Waals surface area contributed by atoms with Gasteiger partial charge in [0.2, 0.25) is 0 Å². The van der Waals surface area contributed by atoms with Gasteiger partial charge in [0, 0.05) is 6.54 Å². The molecule has 2 atom stereocenters. The Bertz CT molecular complexity index is 488. The molecule has 2 fully saturated rings. The minimum absolute atomic E-state index is 0.233. The average molecular weight is 328 g/mol. The number of thiocarbonyl (C=S) groups is 1. The molecule has 2 saturated heterocycles. The summed E-state index contributed by atoms with van der Waals surface area (Å²) in [5.41, 5.74) is -1.19. The SMILES string of the molecule is COC(=O)[C@]12CCCN1C(=S)[C@@H](NC(=O)OC(C)(C)C)CC2. The van der Waals surface area contributed by atoms with Gasteiger partial charge in [-0.05, 0) is 46.5 Å². The van der Waals surface area contributed by atoms with Gasteiger partial charge in [-0.1, -0.05) is 12.2 Å². The van der Waals surface area contributed by atoms with Crippen molar-refractivity contribution in [2.75, 3.05) is 13.7 Å². The highest BCUT2D eigenvalue weighted by molar-refractivity contribution is 7.80. The van der Waals surface area contributed by atoms with Gasteiger partial charge in [-0.25, -0.2) is 9.59 Å². The molecule has 0 saturated carbocycles. The first-order chi connectivity index (χ1) is 10.2. The number of carbonyl (C=O) groups is 2. The fourth-order valence-corrected chi connectivity index (χ4v) is 3.69. The predicted octanol–water partition coefficient (Wildman–Crippen LogP) is 2.01. The summed E-state index contributed by atoms with van der Waals surface area (Å²) in [6, 6.07) is -0.277. The van der Waals surface area contributed by atoms with E-state index in [-0.39, 0.29) is 12.0 Å². The number of alkyl carbamates (subject to hydrolysis) is 1. The summed E-state index contributed by atoms with van der Waals surface area (Å²) in [5, 5.41) is 2.82. The number of carbonyl (C=O) groups excluding carboxylic acids is 2. The van der Waals surface area contributed by atoms with Crippen molar-refractivity contribution in [2.45, 2.75) is 63.6 Å². The maximum Gasteiger partial charge on any atom is 0.408 e. The number of amides is 1. The fraction of sp³-hybridized carbons (Fsp3) is 0.800. The topological polar surface area (TPSA) is 67.9 Å². The zero-order valence-electron chi connectivity index (χ0n) is 13.6. The van der Waals surface area contributed by atoms with E-state index in [9.17, 15) is 9.59 Å². The Morgan fingerprint density at radius 2 is 2.05 bits per heavy atom. The van der Waals surface area contributed by atoms with Crippen LogP contribution in [0.25, 0.3) is 0 Å². The van der Waals surface area contributed by atoms with E-state index in [1.165, 1.54) is 7.11 Å². The average Bonchev–Trinajstić information content (AvgIpc) is 2.85. The number of rotatable bonds is 2. The molecule has 1 N–H and O–H groups in total. The zero-order valence-corrected chi connectivity index (χ0v) is 14.4. The first kappa shape index (κ1) is 17.0. The van der Waals surface area contributed by atoms with Crippen LogP contribution in [-0.2, 0) is 14.3 Å². The third-order valence-electron chi connectivity index (χ3n) is 4.16. The first-order valence-electron chi connectivity index (χ1n) is 7.59. The molecule has 0 radical (unpaired) electrons. The van der Waals surface area contributed by atoms with Crippen LogP contribution in [0.5, 0.6) is 0 Å². The number of methoxy groups -OCH3 is 1. The molecule has 6 nitrogen and oxygen atoms in total. The van der Waals surface area contributed by atoms with E-state index in [2.05, 4.69) is 5.32 Å². The lowest BCUT2D eigenvalue weighted by Crippen LogP contribution is -2.62. The number of nitrogens with zero attached hydrogens (tertiary/aromatic N) is 1. The normalized spacial score (nSPS) is 28.1. The Morgan fingerprint density at radius 1 is 1.36 bits per heavy atom. The second-order valence-electron chi connectivity index (χ2n) is 6.85. The molecule has 0 aromatic rings. The summed E-state index contributed by atoms with van der Waals surface area (Å²) < 4.78 is 10.2. The molecule has 1 amide bonds. The summed E-state index contributed by atoms with van der Waals surface area (Å²) in [4.78, 5) is 26.7. The van der Waals surface area contributed by atoms with Crippen LogP contribution in [-0.4, -0.2) is 52.8 Å². The van der Waals surface area contributed by atoms with Gasteiger partial charge in [0.15, 0.2) is 0 Å². The number of ether oxygens (including phenoxy) is 2. The molecule has 124 valence electrons. The lowest BCUT2D eigenvalue weighted by atomic mass is 9.84. The van der Waals surface area contributed by atoms with E-state index >= 15 is 0 Å².